The molecule has 0 bridgehead atoms. The first-order chi connectivity index (χ1) is 9.70. The summed E-state index contributed by atoms with van der Waals surface area (Å²) in [4.78, 5) is 10.4. The SMILES string of the molecule is C=C(C(F)=Cc1nn(C)cc1C)C(F)(F)[N+](=O)NNCC. The maximum atomic E-state index is 13.9. The molecule has 9 heteroatoms. The molecule has 0 spiro atoms. The fourth-order valence-electron chi connectivity index (χ4n) is 1.46. The zero-order chi connectivity index (χ0) is 16.2. The van der Waals surface area contributed by atoms with Crippen molar-refractivity contribution in [2.75, 3.05) is 6.54 Å². The van der Waals surface area contributed by atoms with E-state index in [0.29, 0.717) is 5.56 Å². The van der Waals surface area contributed by atoms with Crippen molar-refractivity contribution < 1.29 is 18.0 Å². The molecule has 0 aliphatic heterocycles. The van der Waals surface area contributed by atoms with Crippen LogP contribution in [-0.2, 0) is 7.05 Å². The molecule has 1 heterocycles. The summed E-state index contributed by atoms with van der Waals surface area (Å²) in [6.07, 6.45) is 2.42. The third kappa shape index (κ3) is 3.91. The molecule has 1 rings (SSSR count). The molecule has 0 aliphatic rings. The van der Waals surface area contributed by atoms with Crippen LogP contribution in [0.5, 0.6) is 0 Å². The summed E-state index contributed by atoms with van der Waals surface area (Å²) in [6, 6.07) is -4.15. The van der Waals surface area contributed by atoms with Gasteiger partial charge in [-0.15, -0.1) is 8.78 Å². The van der Waals surface area contributed by atoms with E-state index in [0.717, 1.165) is 6.08 Å². The van der Waals surface area contributed by atoms with Crippen LogP contribution in [0.4, 0.5) is 13.2 Å². The summed E-state index contributed by atoms with van der Waals surface area (Å²) in [5.74, 6) is -1.32. The zero-order valence-electron chi connectivity index (χ0n) is 12.0. The summed E-state index contributed by atoms with van der Waals surface area (Å²) in [6.45, 7) is 6.43. The number of halogens is 3. The predicted molar refractivity (Wildman–Crippen MR) is 71.6 cm³/mol. The Hall–Kier alpha value is -2.16. The van der Waals surface area contributed by atoms with Crippen molar-refractivity contribution in [3.63, 3.8) is 0 Å². The Labute approximate surface area is 119 Å². The lowest BCUT2D eigenvalue weighted by Gasteiger charge is -2.08. The maximum absolute atomic E-state index is 13.9. The fraction of sp³-hybridized carbons (Fsp3) is 0.417. The molecule has 1 aromatic heterocycles. The first-order valence-electron chi connectivity index (χ1n) is 6.11. The molecule has 0 atom stereocenters. The number of rotatable bonds is 7. The Bertz CT molecular complexity index is 579. The van der Waals surface area contributed by atoms with Crippen molar-refractivity contribution in [3.8, 4) is 0 Å². The fourth-order valence-corrected chi connectivity index (χ4v) is 1.46. The molecule has 0 aromatic carbocycles. The minimum atomic E-state index is -4.15. The Balaban J connectivity index is 2.95. The molecule has 0 amide bonds. The number of nitrogens with one attached hydrogen (secondary N) is 2. The second-order valence-corrected chi connectivity index (χ2v) is 4.32. The molecule has 0 saturated carbocycles. The average Bonchev–Trinajstić information content (AvgIpc) is 2.72. The Morgan fingerprint density at radius 1 is 1.62 bits per heavy atom. The molecular weight excluding hydrogens is 287 g/mol. The number of nitroso groups, excluding NO2 is 1. The monoisotopic (exact) mass is 304 g/mol. The molecule has 0 radical (unpaired) electrons. The van der Waals surface area contributed by atoms with E-state index in [1.54, 1.807) is 32.6 Å². The minimum absolute atomic E-state index is 0.184. The number of hydrogen-bond donors (Lipinski definition) is 2. The van der Waals surface area contributed by atoms with E-state index >= 15 is 0 Å². The third-order valence-electron chi connectivity index (χ3n) is 2.58. The van der Waals surface area contributed by atoms with Gasteiger partial charge in [-0.2, -0.15) is 10.5 Å². The Kier molecular flexibility index (Phi) is 5.25. The number of aryl methyl sites for hydroxylation is 2. The van der Waals surface area contributed by atoms with Crippen LogP contribution in [0.2, 0.25) is 0 Å². The van der Waals surface area contributed by atoms with Crippen molar-refractivity contribution in [2.45, 2.75) is 19.9 Å². The summed E-state index contributed by atoms with van der Waals surface area (Å²) >= 11 is 0. The van der Waals surface area contributed by atoms with Crippen LogP contribution < -0.4 is 11.0 Å². The molecule has 0 aliphatic carbocycles. The maximum Gasteiger partial charge on any atom is 0.563 e. The lowest BCUT2D eigenvalue weighted by molar-refractivity contribution is -0.730. The second-order valence-electron chi connectivity index (χ2n) is 4.32. The molecule has 0 saturated heterocycles. The molecule has 116 valence electrons. The molecule has 1 aromatic rings. The van der Waals surface area contributed by atoms with Crippen molar-refractivity contribution in [2.24, 2.45) is 7.05 Å². The van der Waals surface area contributed by atoms with Crippen LogP contribution in [0.3, 0.4) is 0 Å². The molecule has 6 nitrogen and oxygen atoms in total. The van der Waals surface area contributed by atoms with Crippen LogP contribution in [-0.4, -0.2) is 27.2 Å². The van der Waals surface area contributed by atoms with Crippen molar-refractivity contribution in [3.05, 3.63) is 40.3 Å². The van der Waals surface area contributed by atoms with E-state index in [4.69, 9.17) is 0 Å². The van der Waals surface area contributed by atoms with E-state index in [2.05, 4.69) is 17.1 Å². The van der Waals surface area contributed by atoms with Crippen LogP contribution >= 0.6 is 0 Å². The van der Waals surface area contributed by atoms with Gasteiger partial charge < -0.3 is 0 Å². The quantitative estimate of drug-likeness (QED) is 0.350. The van der Waals surface area contributed by atoms with Crippen molar-refractivity contribution in [1.82, 2.24) is 20.7 Å². The number of aromatic nitrogens is 2. The molecular formula is C12H17F3N5O+. The number of nitrogens with zero attached hydrogens (tertiary/aromatic N) is 3. The van der Waals surface area contributed by atoms with E-state index in [1.165, 1.54) is 4.68 Å². The molecule has 2 N–H and O–H groups in total. The first kappa shape index (κ1) is 16.9. The predicted octanol–water partition coefficient (Wildman–Crippen LogP) is 2.00. The highest BCUT2D eigenvalue weighted by Crippen LogP contribution is 2.30. The van der Waals surface area contributed by atoms with E-state index in [1.807, 2.05) is 0 Å². The normalized spacial score (nSPS) is 12.4. The van der Waals surface area contributed by atoms with Crippen LogP contribution in [0.25, 0.3) is 6.08 Å². The van der Waals surface area contributed by atoms with Gasteiger partial charge in [-0.25, -0.2) is 4.39 Å². The van der Waals surface area contributed by atoms with Gasteiger partial charge in [0.2, 0.25) is 4.87 Å². The highest BCUT2D eigenvalue weighted by molar-refractivity contribution is 5.55. The second kappa shape index (κ2) is 6.53. The number of alkyl halides is 2. The summed E-state index contributed by atoms with van der Waals surface area (Å²) in [7, 11) is 1.62. The van der Waals surface area contributed by atoms with Crippen LogP contribution in [0, 0.1) is 11.8 Å². The average molecular weight is 304 g/mol. The molecule has 21 heavy (non-hydrogen) atoms. The first-order valence-corrected chi connectivity index (χ1v) is 6.11. The van der Waals surface area contributed by atoms with E-state index < -0.39 is 22.3 Å². The van der Waals surface area contributed by atoms with Gasteiger partial charge in [0.25, 0.3) is 0 Å². The van der Waals surface area contributed by atoms with E-state index in [-0.39, 0.29) is 12.2 Å². The molecule has 0 unspecified atom stereocenters. The van der Waals surface area contributed by atoms with Gasteiger partial charge in [-0.05, 0) is 12.5 Å². The van der Waals surface area contributed by atoms with Gasteiger partial charge in [0.15, 0.2) is 0 Å². The zero-order valence-corrected chi connectivity index (χ0v) is 12.0. The Morgan fingerprint density at radius 2 is 2.24 bits per heavy atom. The standard InChI is InChI=1S/C12H17F3N5O/c1-5-16-18-20(21)12(14,15)9(3)10(13)6-11-8(2)7-19(4)17-11/h6-7,16H,3,5H2,1-2,4H3,(H,18,21)/q+1. The van der Waals surface area contributed by atoms with Gasteiger partial charge in [0, 0.05) is 25.9 Å². The topological polar surface area (TPSA) is 62.0 Å². The highest BCUT2D eigenvalue weighted by atomic mass is 19.3. The van der Waals surface area contributed by atoms with E-state index in [9.17, 15) is 18.1 Å². The Morgan fingerprint density at radius 3 is 2.71 bits per heavy atom. The van der Waals surface area contributed by atoms with Gasteiger partial charge >= 0.3 is 6.05 Å². The van der Waals surface area contributed by atoms with Gasteiger partial charge in [-0.3, -0.25) is 4.68 Å². The molecule has 0 fully saturated rings. The van der Waals surface area contributed by atoms with Gasteiger partial charge in [0.1, 0.15) is 11.4 Å². The summed E-state index contributed by atoms with van der Waals surface area (Å²) in [5, 5.41) is 3.90. The summed E-state index contributed by atoms with van der Waals surface area (Å²) in [5.41, 5.74) is 3.42. The lowest BCUT2D eigenvalue weighted by Crippen LogP contribution is -2.48. The van der Waals surface area contributed by atoms with Crippen LogP contribution in [0.15, 0.2) is 24.2 Å². The number of hydrogen-bond acceptors (Lipinski definition) is 3. The largest absolute Gasteiger partial charge is 0.563 e. The van der Waals surface area contributed by atoms with Crippen molar-refractivity contribution >= 4 is 6.08 Å². The smallest absolute Gasteiger partial charge is 0.275 e. The lowest BCUT2D eigenvalue weighted by atomic mass is 10.1. The third-order valence-corrected chi connectivity index (χ3v) is 2.58. The van der Waals surface area contributed by atoms with Gasteiger partial charge in [0.05, 0.1) is 10.6 Å². The number of hydrazine groups is 2. The summed E-state index contributed by atoms with van der Waals surface area (Å²) < 4.78 is 42.7. The van der Waals surface area contributed by atoms with Gasteiger partial charge in [-0.1, -0.05) is 19.0 Å². The van der Waals surface area contributed by atoms with Crippen molar-refractivity contribution in [1.29, 1.82) is 0 Å². The minimum Gasteiger partial charge on any atom is -0.275 e. The highest BCUT2D eigenvalue weighted by Gasteiger charge is 2.54. The van der Waals surface area contributed by atoms with Crippen LogP contribution in [0.1, 0.15) is 18.2 Å².